The van der Waals surface area contributed by atoms with E-state index in [1.165, 1.54) is 0 Å². The fourth-order valence-electron chi connectivity index (χ4n) is 2.10. The van der Waals surface area contributed by atoms with Gasteiger partial charge in [-0.3, -0.25) is 9.89 Å². The Morgan fingerprint density at radius 1 is 1.35 bits per heavy atom. The highest BCUT2D eigenvalue weighted by Crippen LogP contribution is 2.32. The van der Waals surface area contributed by atoms with Crippen LogP contribution in [-0.4, -0.2) is 23.2 Å². The first kappa shape index (κ1) is 14.6. The lowest BCUT2D eigenvalue weighted by atomic mass is 10.1. The predicted octanol–water partition coefficient (Wildman–Crippen LogP) is 3.36. The molecule has 2 rings (SSSR count). The van der Waals surface area contributed by atoms with E-state index in [-0.39, 0.29) is 5.91 Å². The summed E-state index contributed by atoms with van der Waals surface area (Å²) in [7, 11) is 1.57. The van der Waals surface area contributed by atoms with Gasteiger partial charge in [-0.25, -0.2) is 0 Å². The molecule has 0 fully saturated rings. The molecule has 0 radical (unpaired) electrons. The van der Waals surface area contributed by atoms with E-state index in [9.17, 15) is 4.79 Å². The van der Waals surface area contributed by atoms with E-state index in [1.807, 2.05) is 26.0 Å². The molecule has 106 valence electrons. The van der Waals surface area contributed by atoms with E-state index in [4.69, 9.17) is 4.74 Å². The number of H-pyrrole nitrogens is 1. The Labute approximate surface area is 125 Å². The number of aryl methyl sites for hydroxylation is 3. The van der Waals surface area contributed by atoms with Crippen molar-refractivity contribution < 1.29 is 9.53 Å². The predicted molar refractivity (Wildman–Crippen MR) is 81.4 cm³/mol. The summed E-state index contributed by atoms with van der Waals surface area (Å²) in [6, 6.07) is 3.74. The average Bonchev–Trinajstić information content (AvgIpc) is 2.71. The fourth-order valence-corrected chi connectivity index (χ4v) is 2.65. The lowest BCUT2D eigenvalue weighted by Gasteiger charge is -2.13. The lowest BCUT2D eigenvalue weighted by molar-refractivity contribution is 0.102. The summed E-state index contributed by atoms with van der Waals surface area (Å²) in [6.45, 7) is 5.53. The maximum atomic E-state index is 12.4. The zero-order valence-electron chi connectivity index (χ0n) is 11.8. The summed E-state index contributed by atoms with van der Waals surface area (Å²) in [5.74, 6) is 0.418. The van der Waals surface area contributed by atoms with E-state index >= 15 is 0 Å². The van der Waals surface area contributed by atoms with Crippen molar-refractivity contribution in [3.05, 3.63) is 39.1 Å². The molecule has 1 aromatic carbocycles. The van der Waals surface area contributed by atoms with E-state index < -0.39 is 0 Å². The maximum absolute atomic E-state index is 12.4. The van der Waals surface area contributed by atoms with Crippen LogP contribution < -0.4 is 10.1 Å². The number of nitrogens with one attached hydrogen (secondary N) is 2. The second-order valence-electron chi connectivity index (χ2n) is 4.56. The van der Waals surface area contributed by atoms with Gasteiger partial charge in [0.2, 0.25) is 0 Å². The molecule has 1 aromatic heterocycles. The van der Waals surface area contributed by atoms with Crippen molar-refractivity contribution in [3.63, 3.8) is 0 Å². The van der Waals surface area contributed by atoms with E-state index in [0.29, 0.717) is 22.7 Å². The standard InChI is InChI=1S/C14H16BrN3O2/c1-7-5-10(15)6-11(20-4)13(7)16-14(19)12-8(2)17-18-9(12)3/h5-6H,1-4H3,(H,16,19)(H,17,18). The van der Waals surface area contributed by atoms with Gasteiger partial charge >= 0.3 is 0 Å². The van der Waals surface area contributed by atoms with Gasteiger partial charge < -0.3 is 10.1 Å². The maximum Gasteiger partial charge on any atom is 0.259 e. The molecule has 20 heavy (non-hydrogen) atoms. The van der Waals surface area contributed by atoms with Crippen LogP contribution in [0.3, 0.4) is 0 Å². The molecule has 1 amide bonds. The minimum Gasteiger partial charge on any atom is -0.495 e. The highest BCUT2D eigenvalue weighted by Gasteiger charge is 2.18. The monoisotopic (exact) mass is 337 g/mol. The third-order valence-corrected chi connectivity index (χ3v) is 3.54. The van der Waals surface area contributed by atoms with Crippen molar-refractivity contribution in [1.29, 1.82) is 0 Å². The summed E-state index contributed by atoms with van der Waals surface area (Å²) >= 11 is 3.41. The molecule has 6 heteroatoms. The number of nitrogens with zero attached hydrogens (tertiary/aromatic N) is 1. The van der Waals surface area contributed by atoms with E-state index in [1.54, 1.807) is 14.0 Å². The van der Waals surface area contributed by atoms with Crippen LogP contribution in [0.2, 0.25) is 0 Å². The highest BCUT2D eigenvalue weighted by atomic mass is 79.9. The summed E-state index contributed by atoms with van der Waals surface area (Å²) in [6.07, 6.45) is 0. The Morgan fingerprint density at radius 3 is 2.60 bits per heavy atom. The second kappa shape index (κ2) is 5.66. The quantitative estimate of drug-likeness (QED) is 0.902. The summed E-state index contributed by atoms with van der Waals surface area (Å²) < 4.78 is 6.22. The number of aromatic nitrogens is 2. The molecular weight excluding hydrogens is 322 g/mol. The third kappa shape index (κ3) is 2.70. The second-order valence-corrected chi connectivity index (χ2v) is 5.48. The molecule has 0 aliphatic carbocycles. The Morgan fingerprint density at radius 2 is 2.05 bits per heavy atom. The van der Waals surface area contributed by atoms with Crippen LogP contribution in [0.5, 0.6) is 5.75 Å². The Hall–Kier alpha value is -1.82. The van der Waals surface area contributed by atoms with Crippen LogP contribution in [-0.2, 0) is 0 Å². The molecule has 0 spiro atoms. The number of halogens is 1. The highest BCUT2D eigenvalue weighted by molar-refractivity contribution is 9.10. The van der Waals surface area contributed by atoms with Crippen molar-refractivity contribution in [2.75, 3.05) is 12.4 Å². The molecule has 2 aromatic rings. The number of carbonyl (C=O) groups is 1. The first-order valence-electron chi connectivity index (χ1n) is 6.11. The minimum atomic E-state index is -0.197. The fraction of sp³-hybridized carbons (Fsp3) is 0.286. The van der Waals surface area contributed by atoms with Gasteiger partial charge in [-0.1, -0.05) is 15.9 Å². The number of ether oxygens (including phenoxy) is 1. The van der Waals surface area contributed by atoms with Crippen LogP contribution in [0.4, 0.5) is 5.69 Å². The number of hydrogen-bond donors (Lipinski definition) is 2. The zero-order chi connectivity index (χ0) is 14.9. The largest absolute Gasteiger partial charge is 0.495 e. The summed E-state index contributed by atoms with van der Waals surface area (Å²) in [5, 5.41) is 9.74. The van der Waals surface area contributed by atoms with E-state index in [0.717, 1.165) is 15.7 Å². The van der Waals surface area contributed by atoms with Gasteiger partial charge in [0.15, 0.2) is 0 Å². The molecule has 0 aliphatic heterocycles. The van der Waals surface area contributed by atoms with Crippen molar-refractivity contribution >= 4 is 27.5 Å². The zero-order valence-corrected chi connectivity index (χ0v) is 13.4. The van der Waals surface area contributed by atoms with Gasteiger partial charge in [0.05, 0.1) is 24.1 Å². The number of hydrogen-bond acceptors (Lipinski definition) is 3. The number of methoxy groups -OCH3 is 1. The smallest absolute Gasteiger partial charge is 0.259 e. The van der Waals surface area contributed by atoms with Gasteiger partial charge in [-0.05, 0) is 38.5 Å². The van der Waals surface area contributed by atoms with Gasteiger partial charge in [0.1, 0.15) is 5.75 Å². The normalized spacial score (nSPS) is 10.4. The van der Waals surface area contributed by atoms with Crippen molar-refractivity contribution in [1.82, 2.24) is 10.2 Å². The number of rotatable bonds is 3. The van der Waals surface area contributed by atoms with Gasteiger partial charge in [0, 0.05) is 10.2 Å². The first-order valence-corrected chi connectivity index (χ1v) is 6.90. The average molecular weight is 338 g/mol. The molecule has 0 saturated heterocycles. The third-order valence-electron chi connectivity index (χ3n) is 3.08. The van der Waals surface area contributed by atoms with Crippen LogP contribution in [0, 0.1) is 20.8 Å². The van der Waals surface area contributed by atoms with Crippen molar-refractivity contribution in [2.24, 2.45) is 0 Å². The first-order chi connectivity index (χ1) is 9.43. The van der Waals surface area contributed by atoms with E-state index in [2.05, 4.69) is 31.4 Å². The molecule has 0 atom stereocenters. The molecule has 2 N–H and O–H groups in total. The molecule has 0 saturated carbocycles. The Bertz CT molecular complexity index is 645. The number of anilines is 1. The van der Waals surface area contributed by atoms with Crippen LogP contribution in [0.25, 0.3) is 0 Å². The number of amides is 1. The molecule has 5 nitrogen and oxygen atoms in total. The molecular formula is C14H16BrN3O2. The Kier molecular flexibility index (Phi) is 4.13. The van der Waals surface area contributed by atoms with Crippen molar-refractivity contribution in [2.45, 2.75) is 20.8 Å². The molecule has 0 bridgehead atoms. The van der Waals surface area contributed by atoms with Crippen LogP contribution in [0.15, 0.2) is 16.6 Å². The van der Waals surface area contributed by atoms with Gasteiger partial charge in [0.25, 0.3) is 5.91 Å². The van der Waals surface area contributed by atoms with Crippen LogP contribution >= 0.6 is 15.9 Å². The number of aromatic amines is 1. The topological polar surface area (TPSA) is 67.0 Å². The summed E-state index contributed by atoms with van der Waals surface area (Å²) in [4.78, 5) is 12.4. The Balaban J connectivity index is 2.38. The van der Waals surface area contributed by atoms with Gasteiger partial charge in [-0.15, -0.1) is 0 Å². The van der Waals surface area contributed by atoms with Gasteiger partial charge in [-0.2, -0.15) is 5.10 Å². The van der Waals surface area contributed by atoms with Crippen LogP contribution in [0.1, 0.15) is 27.3 Å². The van der Waals surface area contributed by atoms with Crippen molar-refractivity contribution in [3.8, 4) is 5.75 Å². The molecule has 0 unspecified atom stereocenters. The lowest BCUT2D eigenvalue weighted by Crippen LogP contribution is -2.15. The minimum absolute atomic E-state index is 0.197. The number of benzene rings is 1. The summed E-state index contributed by atoms with van der Waals surface area (Å²) in [5.41, 5.74) is 3.57. The number of carbonyl (C=O) groups excluding carboxylic acids is 1. The molecule has 1 heterocycles. The molecule has 0 aliphatic rings. The SMILES string of the molecule is COc1cc(Br)cc(C)c1NC(=O)c1c(C)n[nH]c1C.